The molecule has 3 N–H and O–H groups in total. The fraction of sp³-hybridized carbons (Fsp3) is 0.714. The van der Waals surface area contributed by atoms with Gasteiger partial charge in [0.15, 0.2) is 0 Å². The number of rotatable bonds is 4. The Morgan fingerprint density at radius 1 is 1.38 bits per heavy atom. The minimum atomic E-state index is -0.591. The van der Waals surface area contributed by atoms with Crippen LogP contribution in [0.15, 0.2) is 0 Å². The van der Waals surface area contributed by atoms with Crippen molar-refractivity contribution < 1.29 is 19.4 Å². The molecule has 1 amide bonds. The van der Waals surface area contributed by atoms with E-state index in [1.54, 1.807) is 0 Å². The Kier molecular flexibility index (Phi) is 3.97. The van der Waals surface area contributed by atoms with Crippen molar-refractivity contribution in [3.63, 3.8) is 0 Å². The maximum Gasteiger partial charge on any atom is 0.220 e. The first-order chi connectivity index (χ1) is 10.1. The molecule has 2 aliphatic rings. The van der Waals surface area contributed by atoms with Gasteiger partial charge in [-0.3, -0.25) is 9.89 Å². The monoisotopic (exact) mass is 295 g/mol. The summed E-state index contributed by atoms with van der Waals surface area (Å²) in [6.07, 6.45) is -0.161. The minimum absolute atomic E-state index is 0.0470. The third-order valence-electron chi connectivity index (χ3n) is 4.32. The van der Waals surface area contributed by atoms with Crippen LogP contribution < -0.4 is 5.32 Å². The van der Waals surface area contributed by atoms with E-state index in [2.05, 4.69) is 15.5 Å². The predicted octanol–water partition coefficient (Wildman–Crippen LogP) is -0.398. The lowest BCUT2D eigenvalue weighted by molar-refractivity contribution is -0.122. The van der Waals surface area contributed by atoms with E-state index in [0.717, 1.165) is 17.0 Å². The number of aromatic amines is 1. The van der Waals surface area contributed by atoms with Gasteiger partial charge in [-0.25, -0.2) is 0 Å². The summed E-state index contributed by atoms with van der Waals surface area (Å²) >= 11 is 0. The number of fused-ring (bicyclic) bond motifs is 1. The van der Waals surface area contributed by atoms with E-state index < -0.39 is 6.10 Å². The Morgan fingerprint density at radius 2 is 2.14 bits per heavy atom. The van der Waals surface area contributed by atoms with Crippen molar-refractivity contribution in [1.29, 1.82) is 0 Å². The number of nitrogens with one attached hydrogen (secondary N) is 2. The van der Waals surface area contributed by atoms with Crippen LogP contribution in [0, 0.1) is 13.8 Å². The highest BCUT2D eigenvalue weighted by Gasteiger charge is 2.47. The molecule has 0 unspecified atom stereocenters. The van der Waals surface area contributed by atoms with E-state index in [9.17, 15) is 9.90 Å². The van der Waals surface area contributed by atoms with Gasteiger partial charge in [0.2, 0.25) is 5.91 Å². The van der Waals surface area contributed by atoms with Crippen LogP contribution in [0.2, 0.25) is 0 Å². The quantitative estimate of drug-likeness (QED) is 0.702. The second-order valence-electron chi connectivity index (χ2n) is 5.76. The van der Waals surface area contributed by atoms with Crippen LogP contribution in [0.1, 0.15) is 23.4 Å². The topological polar surface area (TPSA) is 96.5 Å². The largest absolute Gasteiger partial charge is 0.388 e. The SMILES string of the molecule is Cc1[nH]nc(CCC(=O)N[C@@H]2CO[C@H]3[C@@H]2OC[C@H]3O)c1C. The number of aliphatic hydroxyl groups excluding tert-OH is 1. The second-order valence-corrected chi connectivity index (χ2v) is 5.76. The van der Waals surface area contributed by atoms with Gasteiger partial charge in [-0.15, -0.1) is 0 Å². The summed E-state index contributed by atoms with van der Waals surface area (Å²) in [5.41, 5.74) is 3.07. The van der Waals surface area contributed by atoms with Crippen molar-refractivity contribution in [2.45, 2.75) is 51.0 Å². The summed E-state index contributed by atoms with van der Waals surface area (Å²) in [5, 5.41) is 19.7. The van der Waals surface area contributed by atoms with E-state index in [-0.39, 0.29) is 30.8 Å². The molecule has 7 nitrogen and oxygen atoms in total. The molecule has 116 valence electrons. The third-order valence-corrected chi connectivity index (χ3v) is 4.32. The van der Waals surface area contributed by atoms with Gasteiger partial charge >= 0.3 is 0 Å². The van der Waals surface area contributed by atoms with Crippen LogP contribution in [0.3, 0.4) is 0 Å². The minimum Gasteiger partial charge on any atom is -0.388 e. The van der Waals surface area contributed by atoms with Crippen molar-refractivity contribution >= 4 is 5.91 Å². The highest BCUT2D eigenvalue weighted by atomic mass is 16.6. The Morgan fingerprint density at radius 3 is 2.86 bits per heavy atom. The molecule has 2 saturated heterocycles. The predicted molar refractivity (Wildman–Crippen MR) is 73.8 cm³/mol. The van der Waals surface area contributed by atoms with E-state index >= 15 is 0 Å². The average Bonchev–Trinajstić information content (AvgIpc) is 3.10. The van der Waals surface area contributed by atoms with Gasteiger partial charge in [0.1, 0.15) is 18.3 Å². The third kappa shape index (κ3) is 2.81. The van der Waals surface area contributed by atoms with Crippen LogP contribution >= 0.6 is 0 Å². The Labute approximate surface area is 123 Å². The lowest BCUT2D eigenvalue weighted by Gasteiger charge is -2.17. The molecule has 2 fully saturated rings. The number of amides is 1. The number of carbonyl (C=O) groups is 1. The molecule has 0 saturated carbocycles. The van der Waals surface area contributed by atoms with Crippen LogP contribution in [-0.2, 0) is 20.7 Å². The number of aromatic nitrogens is 2. The number of hydrogen-bond donors (Lipinski definition) is 3. The fourth-order valence-corrected chi connectivity index (χ4v) is 2.89. The average molecular weight is 295 g/mol. The van der Waals surface area contributed by atoms with E-state index in [1.807, 2.05) is 13.8 Å². The molecule has 3 heterocycles. The van der Waals surface area contributed by atoms with Gasteiger partial charge in [0, 0.05) is 18.5 Å². The van der Waals surface area contributed by atoms with Crippen molar-refractivity contribution in [3.8, 4) is 0 Å². The molecule has 1 aromatic rings. The molecule has 3 rings (SSSR count). The first-order valence-electron chi connectivity index (χ1n) is 7.27. The van der Waals surface area contributed by atoms with Crippen molar-refractivity contribution in [1.82, 2.24) is 15.5 Å². The van der Waals surface area contributed by atoms with Crippen molar-refractivity contribution in [2.24, 2.45) is 0 Å². The zero-order chi connectivity index (χ0) is 15.0. The van der Waals surface area contributed by atoms with Crippen molar-refractivity contribution in [2.75, 3.05) is 13.2 Å². The Bertz CT molecular complexity index is 530. The molecule has 7 heteroatoms. The van der Waals surface area contributed by atoms with Gasteiger partial charge < -0.3 is 19.9 Å². The zero-order valence-electron chi connectivity index (χ0n) is 12.3. The summed E-state index contributed by atoms with van der Waals surface area (Å²) in [4.78, 5) is 12.0. The number of nitrogens with zero attached hydrogens (tertiary/aromatic N) is 1. The van der Waals surface area contributed by atoms with Gasteiger partial charge in [-0.1, -0.05) is 0 Å². The highest BCUT2D eigenvalue weighted by molar-refractivity contribution is 5.76. The maximum absolute atomic E-state index is 12.0. The normalized spacial score (nSPS) is 31.4. The molecule has 2 aliphatic heterocycles. The Balaban J connectivity index is 1.50. The van der Waals surface area contributed by atoms with Crippen LogP contribution in [0.4, 0.5) is 0 Å². The number of aliphatic hydroxyl groups is 1. The molecular formula is C14H21N3O4. The number of carbonyl (C=O) groups excluding carboxylic acids is 1. The Hall–Kier alpha value is -1.44. The zero-order valence-corrected chi connectivity index (χ0v) is 12.3. The lowest BCUT2D eigenvalue weighted by Crippen LogP contribution is -2.44. The van der Waals surface area contributed by atoms with E-state index in [0.29, 0.717) is 19.4 Å². The molecule has 0 aliphatic carbocycles. The lowest BCUT2D eigenvalue weighted by atomic mass is 10.1. The molecule has 0 aromatic carbocycles. The first kappa shape index (κ1) is 14.5. The van der Waals surface area contributed by atoms with Crippen LogP contribution in [0.5, 0.6) is 0 Å². The summed E-state index contributed by atoms with van der Waals surface area (Å²) in [6, 6.07) is -0.179. The number of aryl methyl sites for hydroxylation is 2. The van der Waals surface area contributed by atoms with E-state index in [1.165, 1.54) is 0 Å². The van der Waals surface area contributed by atoms with Crippen LogP contribution in [-0.4, -0.2) is 58.8 Å². The molecule has 0 bridgehead atoms. The highest BCUT2D eigenvalue weighted by Crippen LogP contribution is 2.27. The molecule has 21 heavy (non-hydrogen) atoms. The maximum atomic E-state index is 12.0. The van der Waals surface area contributed by atoms with Gasteiger partial charge in [-0.2, -0.15) is 5.10 Å². The second kappa shape index (κ2) is 5.75. The van der Waals surface area contributed by atoms with Gasteiger partial charge in [-0.05, 0) is 19.4 Å². The molecule has 0 spiro atoms. The summed E-state index contributed by atoms with van der Waals surface area (Å²) in [7, 11) is 0. The first-order valence-corrected chi connectivity index (χ1v) is 7.27. The molecular weight excluding hydrogens is 274 g/mol. The molecule has 1 aromatic heterocycles. The molecule has 4 atom stereocenters. The van der Waals surface area contributed by atoms with Gasteiger partial charge in [0.25, 0.3) is 0 Å². The van der Waals surface area contributed by atoms with E-state index in [4.69, 9.17) is 9.47 Å². The number of ether oxygens (including phenoxy) is 2. The molecule has 0 radical (unpaired) electrons. The number of H-pyrrole nitrogens is 1. The standard InChI is InChI=1S/C14H21N3O4/c1-7-8(2)16-17-9(7)3-4-12(19)15-10-5-20-14-11(18)6-21-13(10)14/h10-11,13-14,18H,3-6H2,1-2H3,(H,15,19)(H,16,17)/t10-,11-,13-,14-/m1/s1. The van der Waals surface area contributed by atoms with Gasteiger partial charge in [0.05, 0.1) is 24.9 Å². The fourth-order valence-electron chi connectivity index (χ4n) is 2.89. The summed E-state index contributed by atoms with van der Waals surface area (Å²) < 4.78 is 11.0. The van der Waals surface area contributed by atoms with Crippen molar-refractivity contribution in [3.05, 3.63) is 17.0 Å². The number of hydrogen-bond acceptors (Lipinski definition) is 5. The smallest absolute Gasteiger partial charge is 0.220 e. The summed E-state index contributed by atoms with van der Waals surface area (Å²) in [6.45, 7) is 4.62. The van der Waals surface area contributed by atoms with Crippen LogP contribution in [0.25, 0.3) is 0 Å². The summed E-state index contributed by atoms with van der Waals surface area (Å²) in [5.74, 6) is -0.0470.